The first-order valence-electron chi connectivity index (χ1n) is 10.4. The third-order valence-electron chi connectivity index (χ3n) is 5.19. The minimum Gasteiger partial charge on any atom is -0.342 e. The Morgan fingerprint density at radius 1 is 1.00 bits per heavy atom. The van der Waals surface area contributed by atoms with Gasteiger partial charge in [0, 0.05) is 12.1 Å². The highest BCUT2D eigenvalue weighted by Gasteiger charge is 2.25. The summed E-state index contributed by atoms with van der Waals surface area (Å²) in [4.78, 5) is 17.7. The van der Waals surface area contributed by atoms with E-state index in [0.29, 0.717) is 5.56 Å². The van der Waals surface area contributed by atoms with Crippen molar-refractivity contribution in [1.29, 1.82) is 0 Å². The first kappa shape index (κ1) is 20.1. The second-order valence-corrected chi connectivity index (χ2v) is 7.73. The Morgan fingerprint density at radius 3 is 2.43 bits per heavy atom. The lowest BCUT2D eigenvalue weighted by Gasteiger charge is -2.23. The van der Waals surface area contributed by atoms with Crippen LogP contribution in [0.1, 0.15) is 68.7 Å². The highest BCUT2D eigenvalue weighted by Crippen LogP contribution is 2.27. The lowest BCUT2D eigenvalue weighted by molar-refractivity contribution is 0.0922. The molecule has 0 saturated carbocycles. The number of para-hydroxylation sites is 2. The van der Waals surface area contributed by atoms with Crippen LogP contribution in [-0.2, 0) is 6.54 Å². The van der Waals surface area contributed by atoms with Gasteiger partial charge in [-0.1, -0.05) is 70.4 Å². The Morgan fingerprint density at radius 2 is 1.71 bits per heavy atom. The molecule has 0 radical (unpaired) electrons. The molecule has 0 bridgehead atoms. The average Bonchev–Trinajstić information content (AvgIpc) is 3.08. The van der Waals surface area contributed by atoms with Crippen molar-refractivity contribution < 1.29 is 4.79 Å². The molecule has 4 nitrogen and oxygen atoms in total. The quantitative estimate of drug-likeness (QED) is 0.483. The summed E-state index contributed by atoms with van der Waals surface area (Å²) in [6.07, 6.45) is 4.81. The maximum Gasteiger partial charge on any atom is 0.251 e. The summed E-state index contributed by atoms with van der Waals surface area (Å²) >= 11 is 0. The number of fused-ring (bicyclic) bond motifs is 1. The van der Waals surface area contributed by atoms with Crippen LogP contribution in [0.5, 0.6) is 0 Å². The Balaban J connectivity index is 1.92. The zero-order valence-electron chi connectivity index (χ0n) is 17.2. The Labute approximate surface area is 168 Å². The van der Waals surface area contributed by atoms with E-state index < -0.39 is 0 Å². The number of rotatable bonds is 9. The number of unbranched alkanes of at least 4 members (excludes halogenated alkanes) is 3. The lowest BCUT2D eigenvalue weighted by atomic mass is 10.0. The molecule has 4 heteroatoms. The molecule has 3 aromatic rings. The molecule has 1 heterocycles. The molecule has 1 atom stereocenters. The molecule has 1 N–H and O–H groups in total. The maximum atomic E-state index is 12.8. The zero-order valence-corrected chi connectivity index (χ0v) is 17.2. The Kier molecular flexibility index (Phi) is 6.85. The Bertz CT molecular complexity index is 899. The molecule has 28 heavy (non-hydrogen) atoms. The predicted octanol–water partition coefficient (Wildman–Crippen LogP) is 5.74. The number of imidazole rings is 1. The normalized spacial score (nSPS) is 12.4. The molecule has 0 aliphatic carbocycles. The number of nitrogens with one attached hydrogen (secondary N) is 1. The minimum atomic E-state index is -0.133. The molecule has 0 aliphatic heterocycles. The number of carbonyl (C=O) groups is 1. The van der Waals surface area contributed by atoms with Crippen LogP contribution in [0.4, 0.5) is 0 Å². The van der Waals surface area contributed by atoms with Crippen LogP contribution < -0.4 is 5.32 Å². The van der Waals surface area contributed by atoms with Gasteiger partial charge in [0.1, 0.15) is 5.82 Å². The molecular weight excluding hydrogens is 346 g/mol. The van der Waals surface area contributed by atoms with Crippen LogP contribution in [0.2, 0.25) is 0 Å². The first-order chi connectivity index (χ1) is 13.6. The fraction of sp³-hybridized carbons (Fsp3) is 0.417. The number of benzene rings is 2. The van der Waals surface area contributed by atoms with Gasteiger partial charge in [0.05, 0.1) is 17.1 Å². The lowest BCUT2D eigenvalue weighted by Crippen LogP contribution is -2.33. The van der Waals surface area contributed by atoms with E-state index in [1.165, 1.54) is 19.3 Å². The van der Waals surface area contributed by atoms with Gasteiger partial charge in [-0.2, -0.15) is 0 Å². The van der Waals surface area contributed by atoms with Crippen LogP contribution in [0, 0.1) is 5.92 Å². The van der Waals surface area contributed by atoms with Crippen LogP contribution in [0.15, 0.2) is 54.6 Å². The van der Waals surface area contributed by atoms with Crippen molar-refractivity contribution in [3.63, 3.8) is 0 Å². The van der Waals surface area contributed by atoms with Gasteiger partial charge in [-0.15, -0.1) is 0 Å². The average molecular weight is 378 g/mol. The van der Waals surface area contributed by atoms with Gasteiger partial charge in [-0.05, 0) is 36.6 Å². The summed E-state index contributed by atoms with van der Waals surface area (Å²) < 4.78 is 2.31. The fourth-order valence-corrected chi connectivity index (χ4v) is 3.61. The molecule has 0 spiro atoms. The standard InChI is InChI=1S/C24H31N3O/c1-4-5-6-12-17-27-21-16-11-10-15-20(21)25-23(27)22(18(2)3)26-24(28)19-13-8-7-9-14-19/h7-11,13-16,18,22H,4-6,12,17H2,1-3H3,(H,26,28)/t22-/m1/s1. The number of aromatic nitrogens is 2. The van der Waals surface area contributed by atoms with E-state index in [1.54, 1.807) is 0 Å². The van der Waals surface area contributed by atoms with Crippen molar-refractivity contribution in [2.75, 3.05) is 0 Å². The molecule has 0 fully saturated rings. The van der Waals surface area contributed by atoms with E-state index in [4.69, 9.17) is 4.98 Å². The van der Waals surface area contributed by atoms with Gasteiger partial charge in [0.15, 0.2) is 0 Å². The second kappa shape index (κ2) is 9.54. The molecule has 0 aliphatic rings. The maximum absolute atomic E-state index is 12.8. The number of nitrogens with zero attached hydrogens (tertiary/aromatic N) is 2. The fourth-order valence-electron chi connectivity index (χ4n) is 3.61. The van der Waals surface area contributed by atoms with Gasteiger partial charge in [0.25, 0.3) is 5.91 Å². The molecule has 0 saturated heterocycles. The topological polar surface area (TPSA) is 46.9 Å². The van der Waals surface area contributed by atoms with E-state index in [1.807, 2.05) is 36.4 Å². The van der Waals surface area contributed by atoms with Gasteiger partial charge in [-0.25, -0.2) is 4.98 Å². The number of amides is 1. The first-order valence-corrected chi connectivity index (χ1v) is 10.4. The van der Waals surface area contributed by atoms with Crippen molar-refractivity contribution in [3.8, 4) is 0 Å². The molecule has 148 valence electrons. The largest absolute Gasteiger partial charge is 0.342 e. The van der Waals surface area contributed by atoms with Crippen LogP contribution in [-0.4, -0.2) is 15.5 Å². The molecule has 1 aromatic heterocycles. The molecule has 0 unspecified atom stereocenters. The predicted molar refractivity (Wildman–Crippen MR) is 115 cm³/mol. The summed E-state index contributed by atoms with van der Waals surface area (Å²) in [5, 5.41) is 3.23. The summed E-state index contributed by atoms with van der Waals surface area (Å²) in [5.74, 6) is 1.14. The van der Waals surface area contributed by atoms with Gasteiger partial charge in [-0.3, -0.25) is 4.79 Å². The highest BCUT2D eigenvalue weighted by atomic mass is 16.1. The van der Waals surface area contributed by atoms with E-state index in [9.17, 15) is 4.79 Å². The minimum absolute atomic E-state index is 0.0520. The van der Waals surface area contributed by atoms with Crippen molar-refractivity contribution in [3.05, 3.63) is 66.0 Å². The number of carbonyl (C=O) groups excluding carboxylic acids is 1. The van der Waals surface area contributed by atoms with Gasteiger partial charge in [0.2, 0.25) is 0 Å². The van der Waals surface area contributed by atoms with E-state index in [-0.39, 0.29) is 17.9 Å². The number of aryl methyl sites for hydroxylation is 1. The van der Waals surface area contributed by atoms with E-state index in [2.05, 4.69) is 48.9 Å². The van der Waals surface area contributed by atoms with Gasteiger partial charge >= 0.3 is 0 Å². The molecule has 2 aromatic carbocycles. The highest BCUT2D eigenvalue weighted by molar-refractivity contribution is 5.94. The molecule has 3 rings (SSSR count). The van der Waals surface area contributed by atoms with E-state index >= 15 is 0 Å². The molecule has 1 amide bonds. The third-order valence-corrected chi connectivity index (χ3v) is 5.19. The van der Waals surface area contributed by atoms with E-state index in [0.717, 1.165) is 29.8 Å². The SMILES string of the molecule is CCCCCCn1c([C@H](NC(=O)c2ccccc2)C(C)C)nc2ccccc21. The second-order valence-electron chi connectivity index (χ2n) is 7.73. The van der Waals surface area contributed by atoms with Crippen LogP contribution >= 0.6 is 0 Å². The number of hydrogen-bond acceptors (Lipinski definition) is 2. The van der Waals surface area contributed by atoms with Crippen molar-refractivity contribution in [2.45, 2.75) is 59.0 Å². The zero-order chi connectivity index (χ0) is 19.9. The van der Waals surface area contributed by atoms with Crippen LogP contribution in [0.3, 0.4) is 0 Å². The smallest absolute Gasteiger partial charge is 0.251 e. The van der Waals surface area contributed by atoms with Crippen molar-refractivity contribution >= 4 is 16.9 Å². The Hall–Kier alpha value is -2.62. The third kappa shape index (κ3) is 4.61. The summed E-state index contributed by atoms with van der Waals surface area (Å²) in [6, 6.07) is 17.5. The number of hydrogen-bond donors (Lipinski definition) is 1. The van der Waals surface area contributed by atoms with Crippen LogP contribution in [0.25, 0.3) is 11.0 Å². The van der Waals surface area contributed by atoms with Crippen molar-refractivity contribution in [1.82, 2.24) is 14.9 Å². The summed E-state index contributed by atoms with van der Waals surface area (Å²) in [6.45, 7) is 7.43. The summed E-state index contributed by atoms with van der Waals surface area (Å²) in [5.41, 5.74) is 2.82. The van der Waals surface area contributed by atoms with Crippen molar-refractivity contribution in [2.24, 2.45) is 5.92 Å². The molecular formula is C24H31N3O. The summed E-state index contributed by atoms with van der Waals surface area (Å²) in [7, 11) is 0. The monoisotopic (exact) mass is 377 g/mol. The van der Waals surface area contributed by atoms with Gasteiger partial charge < -0.3 is 9.88 Å².